The van der Waals surface area contributed by atoms with Crippen LogP contribution in [0.3, 0.4) is 0 Å². The van der Waals surface area contributed by atoms with Gasteiger partial charge in [0, 0.05) is 12.6 Å². The van der Waals surface area contributed by atoms with Crippen molar-refractivity contribution in [3.05, 3.63) is 0 Å². The van der Waals surface area contributed by atoms with Crippen molar-refractivity contribution in [2.24, 2.45) is 0 Å². The average molecular weight is 81.1 g/mol. The molecule has 0 aromatic carbocycles. The fourth-order valence-corrected chi connectivity index (χ4v) is 0.118. The van der Waals surface area contributed by atoms with Crippen molar-refractivity contribution in [1.82, 2.24) is 5.32 Å². The van der Waals surface area contributed by atoms with Crippen LogP contribution in [-0.2, 0) is 0 Å². The van der Waals surface area contributed by atoms with Gasteiger partial charge in [-0.1, -0.05) is 0 Å². The van der Waals surface area contributed by atoms with E-state index >= 15 is 0 Å². The van der Waals surface area contributed by atoms with E-state index in [1.807, 2.05) is 0 Å². The van der Waals surface area contributed by atoms with Crippen LogP contribution in [0.2, 0.25) is 0 Å². The summed E-state index contributed by atoms with van der Waals surface area (Å²) in [7, 11) is 0. The van der Waals surface area contributed by atoms with E-state index in [2.05, 4.69) is 12.2 Å². The van der Waals surface area contributed by atoms with E-state index in [0.29, 0.717) is 0 Å². The van der Waals surface area contributed by atoms with E-state index in [-0.39, 0.29) is 29.6 Å². The zero-order valence-electron chi connectivity index (χ0n) is 2.78. The van der Waals surface area contributed by atoms with Crippen molar-refractivity contribution in [2.75, 3.05) is 6.54 Å². The van der Waals surface area contributed by atoms with Gasteiger partial charge in [0.2, 0.25) is 0 Å². The SMILES string of the molecule is CC1CN1.[NaH]. The summed E-state index contributed by atoms with van der Waals surface area (Å²) in [6.45, 7) is 3.40. The van der Waals surface area contributed by atoms with Crippen LogP contribution in [0.5, 0.6) is 0 Å². The third-order valence-corrected chi connectivity index (χ3v) is 0.612. The second-order valence-corrected chi connectivity index (χ2v) is 1.31. The van der Waals surface area contributed by atoms with Crippen molar-refractivity contribution in [2.45, 2.75) is 13.0 Å². The van der Waals surface area contributed by atoms with Crippen LogP contribution in [-0.4, -0.2) is 42.1 Å². The molecule has 1 heterocycles. The quantitative estimate of drug-likeness (QED) is 0.303. The summed E-state index contributed by atoms with van der Waals surface area (Å²) in [5, 5.41) is 3.10. The Kier molecular flexibility index (Phi) is 2.61. The van der Waals surface area contributed by atoms with Gasteiger partial charge < -0.3 is 5.32 Å². The van der Waals surface area contributed by atoms with E-state index in [1.54, 1.807) is 0 Å². The van der Waals surface area contributed by atoms with Crippen molar-refractivity contribution in [3.63, 3.8) is 0 Å². The number of hydrogen-bond acceptors (Lipinski definition) is 1. The first kappa shape index (κ1) is 5.96. The van der Waals surface area contributed by atoms with Crippen LogP contribution in [0.25, 0.3) is 0 Å². The Labute approximate surface area is 54.4 Å². The Bertz CT molecular complexity index is 26.1. The molecule has 1 fully saturated rings. The molecule has 0 radical (unpaired) electrons. The van der Waals surface area contributed by atoms with Crippen molar-refractivity contribution in [3.8, 4) is 0 Å². The van der Waals surface area contributed by atoms with Gasteiger partial charge in [-0.3, -0.25) is 0 Å². The molecule has 1 unspecified atom stereocenters. The third kappa shape index (κ3) is 2.77. The minimum atomic E-state index is 0. The molecular weight excluding hydrogens is 73.0 g/mol. The molecule has 1 nitrogen and oxygen atoms in total. The first-order valence-corrected chi connectivity index (χ1v) is 1.63. The van der Waals surface area contributed by atoms with Crippen LogP contribution in [0.15, 0.2) is 0 Å². The summed E-state index contributed by atoms with van der Waals surface area (Å²) in [6, 6.07) is 0.833. The molecule has 0 spiro atoms. The Morgan fingerprint density at radius 2 is 2.00 bits per heavy atom. The maximum atomic E-state index is 3.10. The van der Waals surface area contributed by atoms with Gasteiger partial charge in [-0.2, -0.15) is 0 Å². The molecule has 1 aliphatic rings. The molecule has 0 aromatic heterocycles. The van der Waals surface area contributed by atoms with E-state index in [4.69, 9.17) is 0 Å². The van der Waals surface area contributed by atoms with Crippen LogP contribution in [0.4, 0.5) is 0 Å². The number of hydrogen-bond donors (Lipinski definition) is 1. The van der Waals surface area contributed by atoms with Gasteiger partial charge in [0.25, 0.3) is 0 Å². The number of nitrogens with one attached hydrogen (secondary N) is 1. The standard InChI is InChI=1S/C3H7N.Na.H/c1-3-2-4-3;;/h3-4H,2H2,1H3;;. The van der Waals surface area contributed by atoms with E-state index in [1.165, 1.54) is 6.54 Å². The minimum absolute atomic E-state index is 0. The molecule has 1 N–H and O–H groups in total. The average Bonchev–Trinajstić information content (AvgIpc) is 1.75. The van der Waals surface area contributed by atoms with Crippen LogP contribution in [0.1, 0.15) is 6.92 Å². The van der Waals surface area contributed by atoms with Crippen LogP contribution >= 0.6 is 0 Å². The number of rotatable bonds is 0. The first-order valence-electron chi connectivity index (χ1n) is 1.63. The molecule has 0 aromatic rings. The molecule has 1 saturated heterocycles. The van der Waals surface area contributed by atoms with Gasteiger partial charge in [0.1, 0.15) is 0 Å². The van der Waals surface area contributed by atoms with Crippen molar-refractivity contribution >= 4 is 29.6 Å². The summed E-state index contributed by atoms with van der Waals surface area (Å²) < 4.78 is 0. The first-order chi connectivity index (χ1) is 1.89. The summed E-state index contributed by atoms with van der Waals surface area (Å²) in [5.74, 6) is 0. The Balaban J connectivity index is 0.000000160. The second-order valence-electron chi connectivity index (χ2n) is 1.31. The fraction of sp³-hybridized carbons (Fsp3) is 1.00. The zero-order chi connectivity index (χ0) is 2.99. The summed E-state index contributed by atoms with van der Waals surface area (Å²) in [6.07, 6.45) is 0. The van der Waals surface area contributed by atoms with E-state index < -0.39 is 0 Å². The molecule has 0 aliphatic carbocycles. The Morgan fingerprint density at radius 3 is 2.00 bits per heavy atom. The van der Waals surface area contributed by atoms with Gasteiger partial charge in [-0.25, -0.2) is 0 Å². The van der Waals surface area contributed by atoms with Crippen molar-refractivity contribution in [1.29, 1.82) is 0 Å². The van der Waals surface area contributed by atoms with Crippen LogP contribution < -0.4 is 5.32 Å². The Hall–Kier alpha value is 0.960. The molecule has 0 saturated carbocycles. The predicted octanol–water partition coefficient (Wildman–Crippen LogP) is -0.670. The Morgan fingerprint density at radius 1 is 1.80 bits per heavy atom. The summed E-state index contributed by atoms with van der Waals surface area (Å²) in [5.41, 5.74) is 0. The van der Waals surface area contributed by atoms with Crippen LogP contribution in [0, 0.1) is 0 Å². The topological polar surface area (TPSA) is 21.9 Å². The molecular formula is C3H8NNa. The molecule has 5 heavy (non-hydrogen) atoms. The van der Waals surface area contributed by atoms with Gasteiger partial charge in [0.05, 0.1) is 0 Å². The third-order valence-electron chi connectivity index (χ3n) is 0.612. The molecule has 26 valence electrons. The fourth-order valence-electron chi connectivity index (χ4n) is 0.118. The predicted molar refractivity (Wildman–Crippen MR) is 24.6 cm³/mol. The van der Waals surface area contributed by atoms with E-state index in [9.17, 15) is 0 Å². The molecule has 1 rings (SSSR count). The van der Waals surface area contributed by atoms with Gasteiger partial charge in [-0.15, -0.1) is 0 Å². The van der Waals surface area contributed by atoms with Crippen molar-refractivity contribution < 1.29 is 0 Å². The van der Waals surface area contributed by atoms with E-state index in [0.717, 1.165) is 6.04 Å². The molecule has 0 amide bonds. The molecule has 1 aliphatic heterocycles. The summed E-state index contributed by atoms with van der Waals surface area (Å²) in [4.78, 5) is 0. The maximum absolute atomic E-state index is 3.10. The molecule has 1 atom stereocenters. The second kappa shape index (κ2) is 2.19. The summed E-state index contributed by atoms with van der Waals surface area (Å²) >= 11 is 0. The van der Waals surface area contributed by atoms with Gasteiger partial charge in [-0.05, 0) is 6.92 Å². The molecule has 2 heteroatoms. The normalized spacial score (nSPS) is 31.8. The monoisotopic (exact) mass is 81.1 g/mol. The van der Waals surface area contributed by atoms with Gasteiger partial charge in [0.15, 0.2) is 0 Å². The molecule has 0 bridgehead atoms. The van der Waals surface area contributed by atoms with Gasteiger partial charge >= 0.3 is 29.6 Å². The zero-order valence-corrected chi connectivity index (χ0v) is 2.78.